The molecule has 18 heavy (non-hydrogen) atoms. The fourth-order valence-corrected chi connectivity index (χ4v) is 2.28. The van der Waals surface area contributed by atoms with Gasteiger partial charge in [-0.2, -0.15) is 5.26 Å². The van der Waals surface area contributed by atoms with Crippen molar-refractivity contribution in [2.45, 2.75) is 13.3 Å². The maximum Gasteiger partial charge on any atom is 0.143 e. The van der Waals surface area contributed by atoms with Crippen molar-refractivity contribution in [3.63, 3.8) is 0 Å². The van der Waals surface area contributed by atoms with E-state index in [2.05, 4.69) is 10.3 Å². The molecule has 0 aliphatic heterocycles. The van der Waals surface area contributed by atoms with Gasteiger partial charge >= 0.3 is 0 Å². The Bertz CT molecular complexity index is 586. The molecule has 5 heteroatoms. The Morgan fingerprint density at radius 1 is 1.50 bits per heavy atom. The highest BCUT2D eigenvalue weighted by atomic mass is 32.1. The third-order valence-electron chi connectivity index (χ3n) is 2.49. The maximum atomic E-state index is 13.3. The Kier molecular flexibility index (Phi) is 3.90. The van der Waals surface area contributed by atoms with E-state index >= 15 is 0 Å². The van der Waals surface area contributed by atoms with Gasteiger partial charge in [-0.3, -0.25) is 0 Å². The molecule has 1 aromatic carbocycles. The van der Waals surface area contributed by atoms with E-state index in [-0.39, 0.29) is 5.56 Å². The number of nitrogens with zero attached hydrogens (tertiary/aromatic N) is 2. The number of aryl methyl sites for hydroxylation is 1. The van der Waals surface area contributed by atoms with Gasteiger partial charge in [-0.25, -0.2) is 9.37 Å². The van der Waals surface area contributed by atoms with E-state index in [9.17, 15) is 4.39 Å². The average Bonchev–Trinajstić information content (AvgIpc) is 2.75. The molecule has 1 N–H and O–H groups in total. The third kappa shape index (κ3) is 2.84. The van der Waals surface area contributed by atoms with Gasteiger partial charge in [0, 0.05) is 18.3 Å². The SMILES string of the molecule is Cc1nc(CCNc2cccc(F)c2C#N)cs1. The Balaban J connectivity index is 1.99. The molecule has 0 saturated carbocycles. The van der Waals surface area contributed by atoms with Crippen LogP contribution in [0, 0.1) is 24.1 Å². The average molecular weight is 261 g/mol. The highest BCUT2D eigenvalue weighted by Gasteiger charge is 2.07. The van der Waals surface area contributed by atoms with Crippen molar-refractivity contribution in [2.75, 3.05) is 11.9 Å². The summed E-state index contributed by atoms with van der Waals surface area (Å²) in [5.74, 6) is -0.494. The van der Waals surface area contributed by atoms with Gasteiger partial charge in [0.05, 0.1) is 16.4 Å². The molecule has 2 rings (SSSR count). The van der Waals surface area contributed by atoms with Crippen LogP contribution in [0.25, 0.3) is 0 Å². The van der Waals surface area contributed by atoms with Crippen molar-refractivity contribution in [3.05, 3.63) is 45.7 Å². The minimum Gasteiger partial charge on any atom is -0.383 e. The molecule has 0 bridgehead atoms. The van der Waals surface area contributed by atoms with Gasteiger partial charge in [0.15, 0.2) is 0 Å². The van der Waals surface area contributed by atoms with Crippen LogP contribution >= 0.6 is 11.3 Å². The lowest BCUT2D eigenvalue weighted by Gasteiger charge is -2.07. The number of nitrogens with one attached hydrogen (secondary N) is 1. The van der Waals surface area contributed by atoms with Gasteiger partial charge in [0.25, 0.3) is 0 Å². The summed E-state index contributed by atoms with van der Waals surface area (Å²) < 4.78 is 13.3. The van der Waals surface area contributed by atoms with Crippen molar-refractivity contribution in [1.29, 1.82) is 5.26 Å². The van der Waals surface area contributed by atoms with Gasteiger partial charge in [-0.05, 0) is 19.1 Å². The van der Waals surface area contributed by atoms with Crippen LogP contribution < -0.4 is 5.32 Å². The fourth-order valence-electron chi connectivity index (χ4n) is 1.63. The standard InChI is InChI=1S/C13H12FN3S/c1-9-17-10(8-18-9)5-6-16-13-4-2-3-12(14)11(13)7-15/h2-4,8,16H,5-6H2,1H3. The maximum absolute atomic E-state index is 13.3. The zero-order chi connectivity index (χ0) is 13.0. The topological polar surface area (TPSA) is 48.7 Å². The van der Waals surface area contributed by atoms with Crippen molar-refractivity contribution in [1.82, 2.24) is 4.98 Å². The molecular formula is C13H12FN3S. The normalized spacial score (nSPS) is 10.1. The van der Waals surface area contributed by atoms with Crippen LogP contribution in [0.2, 0.25) is 0 Å². The zero-order valence-electron chi connectivity index (χ0n) is 9.90. The van der Waals surface area contributed by atoms with Crippen LogP contribution in [-0.2, 0) is 6.42 Å². The molecule has 0 amide bonds. The summed E-state index contributed by atoms with van der Waals surface area (Å²) in [4.78, 5) is 4.34. The van der Waals surface area contributed by atoms with Gasteiger partial charge < -0.3 is 5.32 Å². The van der Waals surface area contributed by atoms with Crippen LogP contribution in [-0.4, -0.2) is 11.5 Å². The minimum absolute atomic E-state index is 0.0620. The van der Waals surface area contributed by atoms with Crippen molar-refractivity contribution >= 4 is 17.0 Å². The Labute approximate surface area is 109 Å². The second-order valence-electron chi connectivity index (χ2n) is 3.81. The van der Waals surface area contributed by atoms with Crippen LogP contribution in [0.5, 0.6) is 0 Å². The summed E-state index contributed by atoms with van der Waals surface area (Å²) in [5.41, 5.74) is 1.61. The molecule has 2 aromatic rings. The first-order chi connectivity index (χ1) is 8.70. The number of thiazole rings is 1. The predicted octanol–water partition coefficient (Wildman–Crippen LogP) is 3.12. The van der Waals surface area contributed by atoms with E-state index in [4.69, 9.17) is 5.26 Å². The van der Waals surface area contributed by atoms with Gasteiger partial charge in [-0.1, -0.05) is 6.07 Å². The molecule has 0 aliphatic carbocycles. The number of hydrogen-bond donors (Lipinski definition) is 1. The van der Waals surface area contributed by atoms with Crippen molar-refractivity contribution in [3.8, 4) is 6.07 Å². The van der Waals surface area contributed by atoms with Crippen LogP contribution in [0.3, 0.4) is 0 Å². The van der Waals surface area contributed by atoms with Crippen LogP contribution in [0.4, 0.5) is 10.1 Å². The number of nitriles is 1. The Hall–Kier alpha value is -1.93. The molecule has 0 unspecified atom stereocenters. The van der Waals surface area contributed by atoms with E-state index in [1.807, 2.05) is 18.4 Å². The highest BCUT2D eigenvalue weighted by molar-refractivity contribution is 7.09. The second-order valence-corrected chi connectivity index (χ2v) is 4.87. The number of benzene rings is 1. The summed E-state index contributed by atoms with van der Waals surface area (Å²) in [7, 11) is 0. The van der Waals surface area contributed by atoms with E-state index in [0.717, 1.165) is 17.1 Å². The van der Waals surface area contributed by atoms with Crippen molar-refractivity contribution < 1.29 is 4.39 Å². The van der Waals surface area contributed by atoms with Gasteiger partial charge in [0.1, 0.15) is 17.4 Å². The molecule has 0 radical (unpaired) electrons. The summed E-state index contributed by atoms with van der Waals surface area (Å²) >= 11 is 1.61. The molecule has 0 saturated heterocycles. The summed E-state index contributed by atoms with van der Waals surface area (Å²) in [5, 5.41) is 15.0. The lowest BCUT2D eigenvalue weighted by atomic mass is 10.2. The molecular weight excluding hydrogens is 249 g/mol. The molecule has 0 atom stereocenters. The van der Waals surface area contributed by atoms with Gasteiger partial charge in [-0.15, -0.1) is 11.3 Å². The minimum atomic E-state index is -0.494. The van der Waals surface area contributed by atoms with E-state index in [1.165, 1.54) is 6.07 Å². The lowest BCUT2D eigenvalue weighted by Crippen LogP contribution is -2.07. The van der Waals surface area contributed by atoms with E-state index in [0.29, 0.717) is 12.2 Å². The van der Waals surface area contributed by atoms with E-state index < -0.39 is 5.82 Å². The first kappa shape index (κ1) is 12.5. The molecule has 1 aromatic heterocycles. The molecule has 92 valence electrons. The van der Waals surface area contributed by atoms with Crippen molar-refractivity contribution in [2.24, 2.45) is 0 Å². The first-order valence-electron chi connectivity index (χ1n) is 5.54. The fraction of sp³-hybridized carbons (Fsp3) is 0.231. The molecule has 0 spiro atoms. The number of hydrogen-bond acceptors (Lipinski definition) is 4. The quantitative estimate of drug-likeness (QED) is 0.920. The second kappa shape index (κ2) is 5.61. The lowest BCUT2D eigenvalue weighted by molar-refractivity contribution is 0.624. The van der Waals surface area contributed by atoms with Gasteiger partial charge in [0.2, 0.25) is 0 Å². The summed E-state index contributed by atoms with van der Waals surface area (Å²) in [6, 6.07) is 6.44. The monoisotopic (exact) mass is 261 g/mol. The number of halogens is 1. The first-order valence-corrected chi connectivity index (χ1v) is 6.42. The molecule has 3 nitrogen and oxygen atoms in total. The summed E-state index contributed by atoms with van der Waals surface area (Å²) in [6.45, 7) is 2.59. The summed E-state index contributed by atoms with van der Waals surface area (Å²) in [6.07, 6.45) is 0.756. The molecule has 0 aliphatic rings. The van der Waals surface area contributed by atoms with Crippen LogP contribution in [0.15, 0.2) is 23.6 Å². The largest absolute Gasteiger partial charge is 0.383 e. The molecule has 0 fully saturated rings. The Morgan fingerprint density at radius 2 is 2.33 bits per heavy atom. The third-order valence-corrected chi connectivity index (χ3v) is 3.31. The predicted molar refractivity (Wildman–Crippen MR) is 70.2 cm³/mol. The smallest absolute Gasteiger partial charge is 0.143 e. The Morgan fingerprint density at radius 3 is 3.00 bits per heavy atom. The number of anilines is 1. The highest BCUT2D eigenvalue weighted by Crippen LogP contribution is 2.17. The number of rotatable bonds is 4. The zero-order valence-corrected chi connectivity index (χ0v) is 10.7. The van der Waals surface area contributed by atoms with Crippen LogP contribution in [0.1, 0.15) is 16.3 Å². The van der Waals surface area contributed by atoms with E-state index in [1.54, 1.807) is 23.5 Å². The number of aromatic nitrogens is 1. The molecule has 1 heterocycles.